The van der Waals surface area contributed by atoms with Crippen molar-refractivity contribution in [3.63, 3.8) is 0 Å². The van der Waals surface area contributed by atoms with Crippen LogP contribution < -0.4 is 5.32 Å². The zero-order valence-corrected chi connectivity index (χ0v) is 14.9. The Hall–Kier alpha value is -0.120. The summed E-state index contributed by atoms with van der Waals surface area (Å²) in [6, 6.07) is 0. The predicted molar refractivity (Wildman–Crippen MR) is 87.4 cm³/mol. The van der Waals surface area contributed by atoms with Crippen LogP contribution in [-0.4, -0.2) is 30.1 Å². The van der Waals surface area contributed by atoms with Gasteiger partial charge in [-0.3, -0.25) is 0 Å². The number of nitrogens with one attached hydrogen (secondary N) is 1. The molecule has 2 fully saturated rings. The van der Waals surface area contributed by atoms with Crippen LogP contribution in [-0.2, 0) is 9.47 Å². The Morgan fingerprint density at radius 2 is 1.57 bits per heavy atom. The van der Waals surface area contributed by atoms with Crippen molar-refractivity contribution in [1.29, 1.82) is 0 Å². The lowest BCUT2D eigenvalue weighted by Gasteiger charge is -2.49. The normalized spacial score (nSPS) is 35.1. The Labute approximate surface area is 131 Å². The SMILES string of the molecule is CC(C)(C)NCC1CCCC2(CCCC(C(C)(C)C)O2)O1. The monoisotopic (exact) mass is 297 g/mol. The maximum Gasteiger partial charge on any atom is 0.169 e. The second-order valence-corrected chi connectivity index (χ2v) is 9.04. The summed E-state index contributed by atoms with van der Waals surface area (Å²) in [4.78, 5) is 0. The van der Waals surface area contributed by atoms with E-state index >= 15 is 0 Å². The second-order valence-electron chi connectivity index (χ2n) is 9.04. The van der Waals surface area contributed by atoms with Crippen LogP contribution in [0.15, 0.2) is 0 Å². The second kappa shape index (κ2) is 6.17. The van der Waals surface area contributed by atoms with Gasteiger partial charge in [0.2, 0.25) is 0 Å². The first-order valence-electron chi connectivity index (χ1n) is 8.70. The van der Waals surface area contributed by atoms with E-state index in [0.29, 0.717) is 6.10 Å². The van der Waals surface area contributed by atoms with Gasteiger partial charge in [0.1, 0.15) is 0 Å². The van der Waals surface area contributed by atoms with E-state index in [1.807, 2.05) is 0 Å². The van der Waals surface area contributed by atoms with Crippen LogP contribution in [0.25, 0.3) is 0 Å². The van der Waals surface area contributed by atoms with Crippen LogP contribution in [0.1, 0.15) is 80.1 Å². The molecule has 3 heteroatoms. The Kier molecular flexibility index (Phi) is 5.07. The standard InChI is InChI=1S/C18H35NO2/c1-16(2,3)15-10-8-12-18(21-15)11-7-9-14(20-18)13-19-17(4,5)6/h14-15,19H,7-13H2,1-6H3. The van der Waals surface area contributed by atoms with Crippen molar-refractivity contribution < 1.29 is 9.47 Å². The van der Waals surface area contributed by atoms with Gasteiger partial charge in [-0.15, -0.1) is 0 Å². The van der Waals surface area contributed by atoms with E-state index < -0.39 is 0 Å². The maximum absolute atomic E-state index is 6.49. The van der Waals surface area contributed by atoms with Crippen molar-refractivity contribution in [2.45, 2.75) is 104 Å². The van der Waals surface area contributed by atoms with E-state index in [1.54, 1.807) is 0 Å². The molecule has 3 atom stereocenters. The molecule has 0 bridgehead atoms. The van der Waals surface area contributed by atoms with Gasteiger partial charge < -0.3 is 14.8 Å². The number of hydrogen-bond donors (Lipinski definition) is 1. The van der Waals surface area contributed by atoms with Crippen molar-refractivity contribution in [3.05, 3.63) is 0 Å². The molecular weight excluding hydrogens is 262 g/mol. The lowest BCUT2D eigenvalue weighted by atomic mass is 9.82. The molecule has 2 aliphatic rings. The fraction of sp³-hybridized carbons (Fsp3) is 1.00. The highest BCUT2D eigenvalue weighted by molar-refractivity contribution is 4.88. The van der Waals surface area contributed by atoms with Crippen molar-refractivity contribution in [3.8, 4) is 0 Å². The molecule has 3 unspecified atom stereocenters. The fourth-order valence-electron chi connectivity index (χ4n) is 3.40. The molecule has 21 heavy (non-hydrogen) atoms. The molecule has 0 aromatic heterocycles. The molecule has 0 aromatic carbocycles. The average Bonchev–Trinajstić information content (AvgIpc) is 2.35. The molecule has 2 rings (SSSR count). The lowest BCUT2D eigenvalue weighted by molar-refractivity contribution is -0.325. The third kappa shape index (κ3) is 4.94. The van der Waals surface area contributed by atoms with Crippen LogP contribution in [0.3, 0.4) is 0 Å². The van der Waals surface area contributed by atoms with Gasteiger partial charge in [-0.2, -0.15) is 0 Å². The molecule has 2 saturated heterocycles. The first kappa shape index (κ1) is 17.2. The third-order valence-corrected chi connectivity index (χ3v) is 4.67. The van der Waals surface area contributed by atoms with E-state index in [9.17, 15) is 0 Å². The fourth-order valence-corrected chi connectivity index (χ4v) is 3.40. The first-order chi connectivity index (χ1) is 9.60. The van der Waals surface area contributed by atoms with Crippen LogP contribution in [0.4, 0.5) is 0 Å². The number of rotatable bonds is 2. The summed E-state index contributed by atoms with van der Waals surface area (Å²) in [5, 5.41) is 3.57. The highest BCUT2D eigenvalue weighted by Gasteiger charge is 2.45. The van der Waals surface area contributed by atoms with Gasteiger partial charge in [-0.1, -0.05) is 20.8 Å². The van der Waals surface area contributed by atoms with Gasteiger partial charge in [0.25, 0.3) is 0 Å². The van der Waals surface area contributed by atoms with Crippen LogP contribution in [0.5, 0.6) is 0 Å². The van der Waals surface area contributed by atoms with E-state index in [-0.39, 0.29) is 22.8 Å². The summed E-state index contributed by atoms with van der Waals surface area (Å²) in [7, 11) is 0. The molecule has 124 valence electrons. The molecule has 0 amide bonds. The largest absolute Gasteiger partial charge is 0.346 e. The Bertz CT molecular complexity index is 338. The number of hydrogen-bond acceptors (Lipinski definition) is 3. The van der Waals surface area contributed by atoms with Gasteiger partial charge in [0.15, 0.2) is 5.79 Å². The first-order valence-corrected chi connectivity index (χ1v) is 8.70. The molecule has 0 saturated carbocycles. The van der Waals surface area contributed by atoms with Gasteiger partial charge >= 0.3 is 0 Å². The zero-order chi connectivity index (χ0) is 15.7. The summed E-state index contributed by atoms with van der Waals surface area (Å²) in [6.07, 6.45) is 7.48. The van der Waals surface area contributed by atoms with Gasteiger partial charge in [0, 0.05) is 24.9 Å². The third-order valence-electron chi connectivity index (χ3n) is 4.67. The number of ether oxygens (including phenoxy) is 2. The van der Waals surface area contributed by atoms with E-state index in [1.165, 1.54) is 19.3 Å². The summed E-state index contributed by atoms with van der Waals surface area (Å²) in [5.74, 6) is -0.307. The van der Waals surface area contributed by atoms with Crippen LogP contribution in [0, 0.1) is 5.41 Å². The van der Waals surface area contributed by atoms with Crippen LogP contribution in [0.2, 0.25) is 0 Å². The molecule has 0 aromatic rings. The molecule has 2 heterocycles. The molecular formula is C18H35NO2. The lowest BCUT2D eigenvalue weighted by Crippen LogP contribution is -2.53. The minimum Gasteiger partial charge on any atom is -0.346 e. The van der Waals surface area contributed by atoms with Gasteiger partial charge in [-0.25, -0.2) is 0 Å². The summed E-state index contributed by atoms with van der Waals surface area (Å²) >= 11 is 0. The molecule has 3 nitrogen and oxygen atoms in total. The maximum atomic E-state index is 6.49. The predicted octanol–water partition coefficient (Wildman–Crippen LogP) is 4.26. The summed E-state index contributed by atoms with van der Waals surface area (Å²) in [5.41, 5.74) is 0.350. The smallest absolute Gasteiger partial charge is 0.169 e. The van der Waals surface area contributed by atoms with Crippen molar-refractivity contribution in [2.24, 2.45) is 5.41 Å². The molecule has 2 aliphatic heterocycles. The van der Waals surface area contributed by atoms with E-state index in [2.05, 4.69) is 46.9 Å². The van der Waals surface area contributed by atoms with E-state index in [4.69, 9.17) is 9.47 Å². The summed E-state index contributed by atoms with van der Waals surface area (Å²) < 4.78 is 12.9. The highest BCUT2D eigenvalue weighted by atomic mass is 16.7. The molecule has 0 aliphatic carbocycles. The highest BCUT2D eigenvalue weighted by Crippen LogP contribution is 2.43. The van der Waals surface area contributed by atoms with Crippen molar-refractivity contribution in [2.75, 3.05) is 6.54 Å². The Morgan fingerprint density at radius 1 is 0.952 bits per heavy atom. The Morgan fingerprint density at radius 3 is 2.14 bits per heavy atom. The molecule has 0 radical (unpaired) electrons. The van der Waals surface area contributed by atoms with Crippen molar-refractivity contribution >= 4 is 0 Å². The molecule has 1 spiro atoms. The minimum absolute atomic E-state index is 0.148. The summed E-state index contributed by atoms with van der Waals surface area (Å²) in [6.45, 7) is 14.4. The minimum atomic E-state index is -0.307. The average molecular weight is 297 g/mol. The zero-order valence-electron chi connectivity index (χ0n) is 14.9. The van der Waals surface area contributed by atoms with Gasteiger partial charge in [0.05, 0.1) is 12.2 Å². The van der Waals surface area contributed by atoms with Crippen LogP contribution >= 0.6 is 0 Å². The molecule has 1 N–H and O–H groups in total. The topological polar surface area (TPSA) is 30.5 Å². The Balaban J connectivity index is 1.95. The quantitative estimate of drug-likeness (QED) is 0.826. The van der Waals surface area contributed by atoms with Crippen molar-refractivity contribution in [1.82, 2.24) is 5.32 Å². The van der Waals surface area contributed by atoms with Gasteiger partial charge in [-0.05, 0) is 51.9 Å². The van der Waals surface area contributed by atoms with E-state index in [0.717, 1.165) is 25.8 Å².